The average molecular weight is 468 g/mol. The molecule has 0 spiro atoms. The Balaban J connectivity index is 0.00000158. The van der Waals surface area contributed by atoms with Crippen molar-refractivity contribution in [2.24, 2.45) is 11.7 Å². The van der Waals surface area contributed by atoms with E-state index in [0.29, 0.717) is 30.3 Å². The van der Waals surface area contributed by atoms with Gasteiger partial charge in [-0.25, -0.2) is 9.97 Å². The van der Waals surface area contributed by atoms with Crippen LogP contribution < -0.4 is 16.8 Å². The van der Waals surface area contributed by atoms with Crippen LogP contribution in [0.2, 0.25) is 0 Å². The molecule has 0 bridgehead atoms. The second-order valence-corrected chi connectivity index (χ2v) is 8.65. The Morgan fingerprint density at radius 1 is 1.03 bits per heavy atom. The lowest BCUT2D eigenvalue weighted by Gasteiger charge is -2.37. The third-order valence-corrected chi connectivity index (χ3v) is 6.41. The highest BCUT2D eigenvalue weighted by molar-refractivity contribution is 5.97. The fourth-order valence-electron chi connectivity index (χ4n) is 4.60. The third kappa shape index (κ3) is 6.66. The van der Waals surface area contributed by atoms with E-state index in [1.54, 1.807) is 24.5 Å². The van der Waals surface area contributed by atoms with E-state index in [2.05, 4.69) is 20.2 Å². The average Bonchev–Trinajstić information content (AvgIpc) is 2.86. The maximum atomic E-state index is 13.1. The molecule has 5 N–H and O–H groups in total. The minimum absolute atomic E-state index is 0.0931. The first-order valence-electron chi connectivity index (χ1n) is 12.2. The van der Waals surface area contributed by atoms with Crippen molar-refractivity contribution in [3.63, 3.8) is 0 Å². The number of rotatable bonds is 6. The zero-order valence-corrected chi connectivity index (χ0v) is 20.2. The van der Waals surface area contributed by atoms with Crippen molar-refractivity contribution in [1.82, 2.24) is 19.8 Å². The van der Waals surface area contributed by atoms with Gasteiger partial charge in [0.15, 0.2) is 0 Å². The van der Waals surface area contributed by atoms with Crippen molar-refractivity contribution in [2.45, 2.75) is 52.1 Å². The first kappa shape index (κ1) is 25.4. The number of carbonyl (C=O) groups is 2. The molecular weight excluding hydrogens is 430 g/mol. The second-order valence-electron chi connectivity index (χ2n) is 8.65. The first-order valence-corrected chi connectivity index (χ1v) is 12.2. The number of hydrogen-bond donors (Lipinski definition) is 3. The number of nitrogen functional groups attached to an aromatic ring is 1. The summed E-state index contributed by atoms with van der Waals surface area (Å²) >= 11 is 0. The Labute approximate surface area is 201 Å². The second kappa shape index (κ2) is 12.3. The summed E-state index contributed by atoms with van der Waals surface area (Å²) in [6.07, 6.45) is 6.79. The van der Waals surface area contributed by atoms with Gasteiger partial charge in [-0.3, -0.25) is 14.5 Å². The van der Waals surface area contributed by atoms with Gasteiger partial charge in [-0.2, -0.15) is 0 Å². The topological polar surface area (TPSA) is 130 Å². The Hall–Kier alpha value is -3.20. The van der Waals surface area contributed by atoms with Crippen LogP contribution in [0.1, 0.15) is 55.5 Å². The molecule has 2 aliphatic heterocycles. The number of pyridine rings is 2. The molecule has 0 aliphatic carbocycles. The summed E-state index contributed by atoms with van der Waals surface area (Å²) in [4.78, 5) is 37.3. The molecule has 9 nitrogen and oxygen atoms in total. The molecule has 2 fully saturated rings. The number of likely N-dealkylation sites (tertiary alicyclic amines) is 2. The molecule has 0 aromatic carbocycles. The van der Waals surface area contributed by atoms with Crippen LogP contribution in [0, 0.1) is 5.92 Å². The largest absolute Gasteiger partial charge is 0.384 e. The summed E-state index contributed by atoms with van der Waals surface area (Å²) in [5.41, 5.74) is 12.8. The zero-order valence-electron chi connectivity index (χ0n) is 20.2. The van der Waals surface area contributed by atoms with Crippen LogP contribution in [-0.2, 0) is 11.3 Å². The van der Waals surface area contributed by atoms with Gasteiger partial charge in [-0.1, -0.05) is 13.8 Å². The van der Waals surface area contributed by atoms with E-state index in [0.717, 1.165) is 50.9 Å². The van der Waals surface area contributed by atoms with Crippen molar-refractivity contribution >= 4 is 23.5 Å². The highest BCUT2D eigenvalue weighted by atomic mass is 16.2. The van der Waals surface area contributed by atoms with Crippen molar-refractivity contribution in [1.29, 1.82) is 0 Å². The van der Waals surface area contributed by atoms with Crippen molar-refractivity contribution < 1.29 is 9.59 Å². The van der Waals surface area contributed by atoms with Crippen LogP contribution in [0.15, 0.2) is 36.7 Å². The quantitative estimate of drug-likeness (QED) is 0.595. The summed E-state index contributed by atoms with van der Waals surface area (Å²) in [7, 11) is 0. The molecule has 4 rings (SSSR count). The summed E-state index contributed by atoms with van der Waals surface area (Å²) in [6, 6.07) is 7.44. The van der Waals surface area contributed by atoms with Gasteiger partial charge in [0, 0.05) is 44.0 Å². The number of nitrogens with two attached hydrogens (primary N) is 2. The molecular formula is C25H37N7O2. The number of anilines is 2. The van der Waals surface area contributed by atoms with Gasteiger partial charge >= 0.3 is 0 Å². The third-order valence-electron chi connectivity index (χ3n) is 6.41. The van der Waals surface area contributed by atoms with E-state index in [9.17, 15) is 9.59 Å². The van der Waals surface area contributed by atoms with Crippen LogP contribution in [0.3, 0.4) is 0 Å². The molecule has 4 heterocycles. The van der Waals surface area contributed by atoms with Crippen LogP contribution in [0.4, 0.5) is 11.6 Å². The molecule has 2 saturated heterocycles. The van der Waals surface area contributed by atoms with Gasteiger partial charge in [0.05, 0.1) is 5.56 Å². The smallest absolute Gasteiger partial charge is 0.252 e. The number of aromatic nitrogens is 2. The number of hydrogen-bond acceptors (Lipinski definition) is 7. The first-order chi connectivity index (χ1) is 16.5. The van der Waals surface area contributed by atoms with Gasteiger partial charge in [0.25, 0.3) is 5.91 Å². The van der Waals surface area contributed by atoms with Gasteiger partial charge in [0.1, 0.15) is 11.6 Å². The van der Waals surface area contributed by atoms with E-state index in [4.69, 9.17) is 11.5 Å². The monoisotopic (exact) mass is 467 g/mol. The molecule has 2 aromatic heterocycles. The Bertz CT molecular complexity index is 952. The van der Waals surface area contributed by atoms with E-state index in [1.807, 2.05) is 30.9 Å². The lowest BCUT2D eigenvalue weighted by Crippen LogP contribution is -2.47. The Morgan fingerprint density at radius 3 is 2.38 bits per heavy atom. The molecule has 34 heavy (non-hydrogen) atoms. The molecule has 2 aliphatic rings. The molecule has 9 heteroatoms. The van der Waals surface area contributed by atoms with E-state index >= 15 is 0 Å². The number of carbonyl (C=O) groups excluding carboxylic acids is 2. The molecule has 2 amide bonds. The molecule has 184 valence electrons. The maximum absolute atomic E-state index is 13.1. The van der Waals surface area contributed by atoms with Crippen molar-refractivity contribution in [3.8, 4) is 0 Å². The normalized spacial score (nSPS) is 17.5. The van der Waals surface area contributed by atoms with E-state index in [-0.39, 0.29) is 17.9 Å². The Morgan fingerprint density at radius 2 is 1.74 bits per heavy atom. The number of primary amides is 1. The van der Waals surface area contributed by atoms with Crippen LogP contribution in [0.25, 0.3) is 0 Å². The highest BCUT2D eigenvalue weighted by Gasteiger charge is 2.31. The fraction of sp³-hybridized carbons (Fsp3) is 0.520. The highest BCUT2D eigenvalue weighted by Crippen LogP contribution is 2.24. The standard InChI is InChI=1S/C23H31N7O2.C2H6/c24-20-14-16(3-9-26-20)15-29-10-4-17(5-11-29)23(32)30-12-6-18(7-13-30)28-22-19(21(25)31)2-1-8-27-22;1-2/h1-3,8-9,14,17-18H,4-7,10-13,15H2,(H2,24,26)(H2,25,31)(H,27,28);1-2H3. The van der Waals surface area contributed by atoms with Crippen LogP contribution >= 0.6 is 0 Å². The minimum Gasteiger partial charge on any atom is -0.384 e. The van der Waals surface area contributed by atoms with Gasteiger partial charge in [0.2, 0.25) is 5.91 Å². The summed E-state index contributed by atoms with van der Waals surface area (Å²) in [5.74, 6) is 0.932. The fourth-order valence-corrected chi connectivity index (χ4v) is 4.60. The summed E-state index contributed by atoms with van der Waals surface area (Å²) in [6.45, 7) is 8.08. The van der Waals surface area contributed by atoms with Crippen LogP contribution in [-0.4, -0.2) is 63.8 Å². The van der Waals surface area contributed by atoms with E-state index < -0.39 is 5.91 Å². The molecule has 0 radical (unpaired) electrons. The lowest BCUT2D eigenvalue weighted by molar-refractivity contribution is -0.138. The number of amides is 2. The predicted octanol–water partition coefficient (Wildman–Crippen LogP) is 2.50. The van der Waals surface area contributed by atoms with Gasteiger partial charge in [-0.15, -0.1) is 0 Å². The SMILES string of the molecule is CC.NC(=O)c1cccnc1NC1CCN(C(=O)C2CCN(Cc3ccnc(N)c3)CC2)CC1. The number of nitrogens with zero attached hydrogens (tertiary/aromatic N) is 4. The lowest BCUT2D eigenvalue weighted by atomic mass is 9.93. The molecule has 0 atom stereocenters. The molecule has 2 aromatic rings. The molecule has 0 unspecified atom stereocenters. The Kier molecular flexibility index (Phi) is 9.21. The van der Waals surface area contributed by atoms with E-state index in [1.165, 1.54) is 0 Å². The van der Waals surface area contributed by atoms with Crippen molar-refractivity contribution in [2.75, 3.05) is 37.2 Å². The maximum Gasteiger partial charge on any atom is 0.252 e. The van der Waals surface area contributed by atoms with Crippen molar-refractivity contribution in [3.05, 3.63) is 47.8 Å². The zero-order chi connectivity index (χ0) is 24.5. The predicted molar refractivity (Wildman–Crippen MR) is 134 cm³/mol. The van der Waals surface area contributed by atoms with Gasteiger partial charge in [-0.05, 0) is 68.6 Å². The molecule has 0 saturated carbocycles. The number of piperidine rings is 2. The number of nitrogens with one attached hydrogen (secondary N) is 1. The van der Waals surface area contributed by atoms with Crippen LogP contribution in [0.5, 0.6) is 0 Å². The van der Waals surface area contributed by atoms with Gasteiger partial charge < -0.3 is 21.7 Å². The summed E-state index contributed by atoms with van der Waals surface area (Å²) < 4.78 is 0. The minimum atomic E-state index is -0.494. The summed E-state index contributed by atoms with van der Waals surface area (Å²) in [5, 5.41) is 3.33.